The van der Waals surface area contributed by atoms with E-state index in [9.17, 15) is 9.59 Å². The van der Waals surface area contributed by atoms with Gasteiger partial charge in [0.15, 0.2) is 5.76 Å². The Bertz CT molecular complexity index is 692. The number of nitrogens with one attached hydrogen (secondary N) is 1. The van der Waals surface area contributed by atoms with Crippen LogP contribution in [0.5, 0.6) is 0 Å². The molecule has 0 unspecified atom stereocenters. The van der Waals surface area contributed by atoms with Crippen molar-refractivity contribution in [2.45, 2.75) is 12.8 Å². The standard InChI is InChI=1S/C20H25N3O3/c24-19(21-10-4-8-17-6-2-1-3-7-17)16-22-11-13-23(14-12-22)20(25)18-9-5-15-26-18/h1-3,5-7,9,15H,4,8,10-14,16H2,(H,21,24). The summed E-state index contributed by atoms with van der Waals surface area (Å²) in [6.07, 6.45) is 3.40. The highest BCUT2D eigenvalue weighted by molar-refractivity contribution is 5.91. The fourth-order valence-corrected chi connectivity index (χ4v) is 3.09. The Morgan fingerprint density at radius 1 is 1.00 bits per heavy atom. The smallest absolute Gasteiger partial charge is 0.289 e. The van der Waals surface area contributed by atoms with Crippen LogP contribution in [0.3, 0.4) is 0 Å². The van der Waals surface area contributed by atoms with Gasteiger partial charge in [-0.3, -0.25) is 14.5 Å². The lowest BCUT2D eigenvalue weighted by molar-refractivity contribution is -0.122. The fraction of sp³-hybridized carbons (Fsp3) is 0.400. The normalized spacial score (nSPS) is 15.0. The molecule has 138 valence electrons. The minimum Gasteiger partial charge on any atom is -0.459 e. The minimum atomic E-state index is -0.0833. The first-order chi connectivity index (χ1) is 12.7. The van der Waals surface area contributed by atoms with E-state index >= 15 is 0 Å². The van der Waals surface area contributed by atoms with Crippen molar-refractivity contribution in [1.29, 1.82) is 0 Å². The van der Waals surface area contributed by atoms with Crippen molar-refractivity contribution in [3.63, 3.8) is 0 Å². The average Bonchev–Trinajstić information content (AvgIpc) is 3.21. The van der Waals surface area contributed by atoms with Crippen molar-refractivity contribution in [3.8, 4) is 0 Å². The molecule has 0 spiro atoms. The number of carbonyl (C=O) groups excluding carboxylic acids is 2. The Hall–Kier alpha value is -2.60. The van der Waals surface area contributed by atoms with E-state index in [0.717, 1.165) is 12.8 Å². The Balaban J connectivity index is 1.31. The summed E-state index contributed by atoms with van der Waals surface area (Å²) in [5.74, 6) is 0.332. The first-order valence-electron chi connectivity index (χ1n) is 9.08. The molecule has 6 heteroatoms. The predicted molar refractivity (Wildman–Crippen MR) is 98.8 cm³/mol. The highest BCUT2D eigenvalue weighted by Crippen LogP contribution is 2.09. The maximum absolute atomic E-state index is 12.2. The summed E-state index contributed by atoms with van der Waals surface area (Å²) < 4.78 is 5.16. The first kappa shape index (κ1) is 18.2. The number of benzene rings is 1. The molecule has 1 fully saturated rings. The molecule has 2 aromatic rings. The van der Waals surface area contributed by atoms with Crippen molar-refractivity contribution in [2.24, 2.45) is 0 Å². The van der Waals surface area contributed by atoms with Gasteiger partial charge in [0.05, 0.1) is 12.8 Å². The van der Waals surface area contributed by atoms with Crippen LogP contribution in [0.1, 0.15) is 22.5 Å². The van der Waals surface area contributed by atoms with Crippen LogP contribution < -0.4 is 5.32 Å². The number of hydrogen-bond acceptors (Lipinski definition) is 4. The van der Waals surface area contributed by atoms with E-state index in [4.69, 9.17) is 4.42 Å². The molecule has 26 heavy (non-hydrogen) atoms. The number of rotatable bonds is 7. The lowest BCUT2D eigenvalue weighted by atomic mass is 10.1. The van der Waals surface area contributed by atoms with Gasteiger partial charge in [-0.25, -0.2) is 0 Å². The predicted octanol–water partition coefficient (Wildman–Crippen LogP) is 1.79. The first-order valence-corrected chi connectivity index (χ1v) is 9.08. The molecule has 3 rings (SSSR count). The van der Waals surface area contributed by atoms with Gasteiger partial charge >= 0.3 is 0 Å². The summed E-state index contributed by atoms with van der Waals surface area (Å²) in [7, 11) is 0. The number of piperazine rings is 1. The lowest BCUT2D eigenvalue weighted by Gasteiger charge is -2.33. The van der Waals surface area contributed by atoms with Crippen LogP contribution in [0.4, 0.5) is 0 Å². The largest absolute Gasteiger partial charge is 0.459 e. The van der Waals surface area contributed by atoms with Crippen LogP contribution in [-0.2, 0) is 11.2 Å². The van der Waals surface area contributed by atoms with Crippen LogP contribution in [0.15, 0.2) is 53.1 Å². The number of carbonyl (C=O) groups is 2. The molecule has 1 saturated heterocycles. The van der Waals surface area contributed by atoms with Gasteiger partial charge in [0.2, 0.25) is 5.91 Å². The Kier molecular flexibility index (Phi) is 6.44. The van der Waals surface area contributed by atoms with E-state index in [1.807, 2.05) is 18.2 Å². The second-order valence-electron chi connectivity index (χ2n) is 6.48. The third-order valence-electron chi connectivity index (χ3n) is 4.57. The van der Waals surface area contributed by atoms with Gasteiger partial charge in [-0.1, -0.05) is 30.3 Å². The summed E-state index contributed by atoms with van der Waals surface area (Å²) >= 11 is 0. The number of hydrogen-bond donors (Lipinski definition) is 1. The van der Waals surface area contributed by atoms with E-state index in [1.165, 1.54) is 11.8 Å². The van der Waals surface area contributed by atoms with Gasteiger partial charge in [-0.05, 0) is 30.5 Å². The summed E-state index contributed by atoms with van der Waals surface area (Å²) in [5.41, 5.74) is 1.29. The third kappa shape index (κ3) is 5.20. The quantitative estimate of drug-likeness (QED) is 0.769. The number of furan rings is 1. The molecule has 0 bridgehead atoms. The van der Waals surface area contributed by atoms with E-state index in [-0.39, 0.29) is 11.8 Å². The van der Waals surface area contributed by atoms with Crippen molar-refractivity contribution in [3.05, 3.63) is 60.1 Å². The molecule has 0 saturated carbocycles. The topological polar surface area (TPSA) is 65.8 Å². The van der Waals surface area contributed by atoms with E-state index in [0.29, 0.717) is 45.0 Å². The monoisotopic (exact) mass is 355 g/mol. The molecule has 0 atom stereocenters. The van der Waals surface area contributed by atoms with Crippen LogP contribution >= 0.6 is 0 Å². The minimum absolute atomic E-state index is 0.0453. The molecule has 0 aliphatic carbocycles. The highest BCUT2D eigenvalue weighted by Gasteiger charge is 2.24. The molecular formula is C20H25N3O3. The zero-order valence-electron chi connectivity index (χ0n) is 14.9. The van der Waals surface area contributed by atoms with Gasteiger partial charge in [-0.2, -0.15) is 0 Å². The van der Waals surface area contributed by atoms with Gasteiger partial charge < -0.3 is 14.6 Å². The molecule has 0 radical (unpaired) electrons. The molecule has 1 aromatic heterocycles. The van der Waals surface area contributed by atoms with Crippen molar-refractivity contribution < 1.29 is 14.0 Å². The highest BCUT2D eigenvalue weighted by atomic mass is 16.3. The molecule has 1 aromatic carbocycles. The second kappa shape index (κ2) is 9.20. The third-order valence-corrected chi connectivity index (χ3v) is 4.57. The van der Waals surface area contributed by atoms with Gasteiger partial charge in [0.1, 0.15) is 0 Å². The average molecular weight is 355 g/mol. The van der Waals surface area contributed by atoms with Crippen molar-refractivity contribution in [2.75, 3.05) is 39.3 Å². The van der Waals surface area contributed by atoms with Crippen LogP contribution in [-0.4, -0.2) is 60.9 Å². The molecule has 2 amide bonds. The van der Waals surface area contributed by atoms with Gasteiger partial charge in [-0.15, -0.1) is 0 Å². The molecule has 1 aliphatic rings. The van der Waals surface area contributed by atoms with Crippen molar-refractivity contribution in [1.82, 2.24) is 15.1 Å². The Morgan fingerprint density at radius 3 is 2.46 bits per heavy atom. The molecule has 6 nitrogen and oxygen atoms in total. The van der Waals surface area contributed by atoms with Crippen LogP contribution in [0.25, 0.3) is 0 Å². The van der Waals surface area contributed by atoms with Crippen LogP contribution in [0.2, 0.25) is 0 Å². The molecule has 1 aliphatic heterocycles. The van der Waals surface area contributed by atoms with E-state index in [2.05, 4.69) is 22.3 Å². The molecule has 2 heterocycles. The summed E-state index contributed by atoms with van der Waals surface area (Å²) in [5, 5.41) is 2.98. The molecule has 1 N–H and O–H groups in total. The number of amides is 2. The summed E-state index contributed by atoms with van der Waals surface area (Å²) in [6, 6.07) is 13.7. The van der Waals surface area contributed by atoms with E-state index in [1.54, 1.807) is 17.0 Å². The van der Waals surface area contributed by atoms with E-state index < -0.39 is 0 Å². The van der Waals surface area contributed by atoms with Gasteiger partial charge in [0, 0.05) is 32.7 Å². The second-order valence-corrected chi connectivity index (χ2v) is 6.48. The zero-order valence-corrected chi connectivity index (χ0v) is 14.9. The summed E-state index contributed by atoms with van der Waals surface area (Å²) in [6.45, 7) is 3.69. The van der Waals surface area contributed by atoms with Crippen LogP contribution in [0, 0.1) is 0 Å². The Labute approximate surface area is 153 Å². The van der Waals surface area contributed by atoms with Crippen molar-refractivity contribution >= 4 is 11.8 Å². The maximum Gasteiger partial charge on any atom is 0.289 e. The summed E-state index contributed by atoms with van der Waals surface area (Å²) in [4.78, 5) is 28.1. The lowest BCUT2D eigenvalue weighted by Crippen LogP contribution is -2.51. The molecular weight excluding hydrogens is 330 g/mol. The van der Waals surface area contributed by atoms with Gasteiger partial charge in [0.25, 0.3) is 5.91 Å². The fourth-order valence-electron chi connectivity index (χ4n) is 3.09. The maximum atomic E-state index is 12.2. The zero-order chi connectivity index (χ0) is 18.2. The SMILES string of the molecule is O=C(CN1CCN(C(=O)c2ccco2)CC1)NCCCc1ccccc1. The number of nitrogens with zero attached hydrogens (tertiary/aromatic N) is 2. The Morgan fingerprint density at radius 2 is 1.77 bits per heavy atom. The number of aryl methyl sites for hydroxylation is 1.